The van der Waals surface area contributed by atoms with Crippen molar-refractivity contribution in [2.45, 2.75) is 32.4 Å². The molecule has 0 spiro atoms. The van der Waals surface area contributed by atoms with E-state index in [1.807, 2.05) is 0 Å². The quantitative estimate of drug-likeness (QED) is 0.921. The molecule has 100 valence electrons. The number of nitrogens with one attached hydrogen (secondary N) is 1. The van der Waals surface area contributed by atoms with Crippen LogP contribution in [0.5, 0.6) is 0 Å². The van der Waals surface area contributed by atoms with Crippen LogP contribution in [0.1, 0.15) is 24.1 Å². The van der Waals surface area contributed by atoms with Gasteiger partial charge in [-0.2, -0.15) is 0 Å². The monoisotopic (exact) mass is 264 g/mol. The molecule has 1 aromatic heterocycles. The summed E-state index contributed by atoms with van der Waals surface area (Å²) in [6, 6.07) is 3.17. The lowest BCUT2D eigenvalue weighted by atomic mass is 10.1. The maximum Gasteiger partial charge on any atom is 0.232 e. The Morgan fingerprint density at radius 1 is 1.37 bits per heavy atom. The van der Waals surface area contributed by atoms with Crippen LogP contribution in [0.15, 0.2) is 22.8 Å². The number of aryl methyl sites for hydroxylation is 1. The molecule has 0 saturated heterocycles. The van der Waals surface area contributed by atoms with Crippen LogP contribution in [0.4, 0.5) is 8.78 Å². The first-order chi connectivity index (χ1) is 9.15. The lowest BCUT2D eigenvalue weighted by molar-refractivity contribution is 0.538. The summed E-state index contributed by atoms with van der Waals surface area (Å²) in [5, 5.41) is 3.27. The van der Waals surface area contributed by atoms with E-state index in [1.54, 1.807) is 6.92 Å². The van der Waals surface area contributed by atoms with Crippen molar-refractivity contribution in [3.63, 3.8) is 0 Å². The van der Waals surface area contributed by atoms with Crippen LogP contribution in [-0.2, 0) is 6.54 Å². The van der Waals surface area contributed by atoms with Crippen molar-refractivity contribution in [1.82, 2.24) is 10.3 Å². The van der Waals surface area contributed by atoms with Crippen LogP contribution in [-0.4, -0.2) is 11.0 Å². The Morgan fingerprint density at radius 2 is 2.16 bits per heavy atom. The zero-order chi connectivity index (χ0) is 13.4. The van der Waals surface area contributed by atoms with Gasteiger partial charge in [-0.05, 0) is 31.4 Å². The summed E-state index contributed by atoms with van der Waals surface area (Å²) in [7, 11) is 0. The Morgan fingerprint density at radius 3 is 2.89 bits per heavy atom. The van der Waals surface area contributed by atoms with Gasteiger partial charge in [-0.15, -0.1) is 0 Å². The Kier molecular flexibility index (Phi) is 3.06. The minimum absolute atomic E-state index is 0.00806. The van der Waals surface area contributed by atoms with Crippen molar-refractivity contribution in [1.29, 1.82) is 0 Å². The molecule has 0 atom stereocenters. The van der Waals surface area contributed by atoms with E-state index in [9.17, 15) is 8.78 Å². The fraction of sp³-hybridized carbons (Fsp3) is 0.357. The van der Waals surface area contributed by atoms with Crippen LogP contribution in [0.3, 0.4) is 0 Å². The molecular formula is C14H14F2N2O. The molecule has 0 bridgehead atoms. The summed E-state index contributed by atoms with van der Waals surface area (Å²) < 4.78 is 32.8. The Labute approximate surface area is 109 Å². The van der Waals surface area contributed by atoms with E-state index in [0.717, 1.165) is 0 Å². The summed E-state index contributed by atoms with van der Waals surface area (Å²) in [5.74, 6) is -1.29. The van der Waals surface area contributed by atoms with Crippen molar-refractivity contribution in [2.24, 2.45) is 0 Å². The van der Waals surface area contributed by atoms with Gasteiger partial charge in [0.05, 0.1) is 5.69 Å². The second-order valence-corrected chi connectivity index (χ2v) is 4.85. The van der Waals surface area contributed by atoms with Crippen LogP contribution in [0.2, 0.25) is 0 Å². The summed E-state index contributed by atoms with van der Waals surface area (Å²) in [6.07, 6.45) is 3.78. The van der Waals surface area contributed by atoms with Gasteiger partial charge in [-0.3, -0.25) is 0 Å². The van der Waals surface area contributed by atoms with E-state index in [0.29, 0.717) is 23.8 Å². The highest BCUT2D eigenvalue weighted by atomic mass is 19.1. The first kappa shape index (κ1) is 12.3. The Balaban J connectivity index is 1.87. The zero-order valence-corrected chi connectivity index (χ0v) is 10.5. The number of benzene rings is 1. The number of hydrogen-bond donors (Lipinski definition) is 1. The van der Waals surface area contributed by atoms with Crippen LogP contribution < -0.4 is 5.32 Å². The standard InChI is InChI=1S/C14H14F2N2O/c1-8-2-5-11(15)12(13(8)16)14-18-10(7-19-14)6-17-9-3-4-9/h2,5,7,9,17H,3-4,6H2,1H3. The van der Waals surface area contributed by atoms with Crippen molar-refractivity contribution in [2.75, 3.05) is 0 Å². The smallest absolute Gasteiger partial charge is 0.232 e. The van der Waals surface area contributed by atoms with E-state index in [2.05, 4.69) is 10.3 Å². The number of aromatic nitrogens is 1. The molecule has 3 nitrogen and oxygen atoms in total. The summed E-state index contributed by atoms with van der Waals surface area (Å²) >= 11 is 0. The molecule has 1 fully saturated rings. The van der Waals surface area contributed by atoms with Gasteiger partial charge >= 0.3 is 0 Å². The molecule has 1 aromatic carbocycles. The molecule has 1 aliphatic carbocycles. The number of oxazole rings is 1. The number of hydrogen-bond acceptors (Lipinski definition) is 3. The minimum Gasteiger partial charge on any atom is -0.444 e. The van der Waals surface area contributed by atoms with Gasteiger partial charge in [0.1, 0.15) is 23.5 Å². The average Bonchev–Trinajstić information content (AvgIpc) is 3.11. The maximum absolute atomic E-state index is 13.9. The second-order valence-electron chi connectivity index (χ2n) is 4.85. The van der Waals surface area contributed by atoms with E-state index in [4.69, 9.17) is 4.42 Å². The van der Waals surface area contributed by atoms with Gasteiger partial charge in [0.2, 0.25) is 5.89 Å². The Bertz CT molecular complexity index is 605. The largest absolute Gasteiger partial charge is 0.444 e. The minimum atomic E-state index is -0.661. The third-order valence-corrected chi connectivity index (χ3v) is 3.20. The lowest BCUT2D eigenvalue weighted by Gasteiger charge is -2.03. The van der Waals surface area contributed by atoms with E-state index < -0.39 is 11.6 Å². The molecule has 0 amide bonds. The average molecular weight is 264 g/mol. The lowest BCUT2D eigenvalue weighted by Crippen LogP contribution is -2.15. The summed E-state index contributed by atoms with van der Waals surface area (Å²) in [6.45, 7) is 2.14. The van der Waals surface area contributed by atoms with Crippen molar-refractivity contribution >= 4 is 0 Å². The van der Waals surface area contributed by atoms with Crippen molar-refractivity contribution < 1.29 is 13.2 Å². The highest BCUT2D eigenvalue weighted by Gasteiger charge is 2.22. The highest BCUT2D eigenvalue weighted by Crippen LogP contribution is 2.27. The third-order valence-electron chi connectivity index (χ3n) is 3.20. The van der Waals surface area contributed by atoms with Crippen molar-refractivity contribution in [3.05, 3.63) is 41.3 Å². The molecule has 0 unspecified atom stereocenters. The molecule has 1 heterocycles. The molecule has 1 aliphatic rings. The molecule has 0 aliphatic heterocycles. The molecule has 1 N–H and O–H groups in total. The van der Waals surface area contributed by atoms with Gasteiger partial charge < -0.3 is 9.73 Å². The second kappa shape index (κ2) is 4.74. The van der Waals surface area contributed by atoms with Gasteiger partial charge in [-0.1, -0.05) is 6.07 Å². The third kappa shape index (κ3) is 2.51. The van der Waals surface area contributed by atoms with Crippen LogP contribution >= 0.6 is 0 Å². The van der Waals surface area contributed by atoms with Gasteiger partial charge in [-0.25, -0.2) is 13.8 Å². The fourth-order valence-electron chi connectivity index (χ4n) is 1.89. The fourth-order valence-corrected chi connectivity index (χ4v) is 1.89. The van der Waals surface area contributed by atoms with E-state index in [1.165, 1.54) is 31.2 Å². The van der Waals surface area contributed by atoms with Gasteiger partial charge in [0.25, 0.3) is 0 Å². The van der Waals surface area contributed by atoms with E-state index in [-0.39, 0.29) is 11.5 Å². The molecule has 5 heteroatoms. The molecule has 0 radical (unpaired) electrons. The Hall–Kier alpha value is -1.75. The summed E-state index contributed by atoms with van der Waals surface area (Å²) in [4.78, 5) is 4.13. The SMILES string of the molecule is Cc1ccc(F)c(-c2nc(CNC3CC3)co2)c1F. The van der Waals surface area contributed by atoms with Gasteiger partial charge in [0, 0.05) is 12.6 Å². The highest BCUT2D eigenvalue weighted by molar-refractivity contribution is 5.56. The predicted molar refractivity (Wildman–Crippen MR) is 66.5 cm³/mol. The van der Waals surface area contributed by atoms with Crippen LogP contribution in [0, 0.1) is 18.6 Å². The van der Waals surface area contributed by atoms with Gasteiger partial charge in [0.15, 0.2) is 0 Å². The first-order valence-electron chi connectivity index (χ1n) is 6.28. The summed E-state index contributed by atoms with van der Waals surface area (Å²) in [5.41, 5.74) is 0.826. The predicted octanol–water partition coefficient (Wildman–Crippen LogP) is 3.18. The first-order valence-corrected chi connectivity index (χ1v) is 6.28. The number of rotatable bonds is 4. The molecule has 1 saturated carbocycles. The molecular weight excluding hydrogens is 250 g/mol. The normalized spacial score (nSPS) is 14.9. The maximum atomic E-state index is 13.9. The van der Waals surface area contributed by atoms with E-state index >= 15 is 0 Å². The zero-order valence-electron chi connectivity index (χ0n) is 10.5. The number of halogens is 2. The van der Waals surface area contributed by atoms with Crippen LogP contribution in [0.25, 0.3) is 11.5 Å². The number of nitrogens with zero attached hydrogens (tertiary/aromatic N) is 1. The topological polar surface area (TPSA) is 38.1 Å². The molecule has 3 rings (SSSR count). The molecule has 2 aromatic rings. The van der Waals surface area contributed by atoms with Crippen molar-refractivity contribution in [3.8, 4) is 11.5 Å². The molecule has 19 heavy (non-hydrogen) atoms.